The number of amides is 1. The van der Waals surface area contributed by atoms with Crippen LogP contribution < -0.4 is 9.80 Å². The molecule has 2 fully saturated rings. The third kappa shape index (κ3) is 5.93. The van der Waals surface area contributed by atoms with Gasteiger partial charge in [-0.25, -0.2) is 14.2 Å². The molecule has 238 valence electrons. The summed E-state index contributed by atoms with van der Waals surface area (Å²) in [5.74, 6) is 0.496. The normalized spacial score (nSPS) is 17.8. The van der Waals surface area contributed by atoms with Gasteiger partial charge in [-0.3, -0.25) is 0 Å². The minimum atomic E-state index is -0.595. The predicted molar refractivity (Wildman–Crippen MR) is 178 cm³/mol. The highest BCUT2D eigenvalue weighted by Crippen LogP contribution is 2.43. The number of rotatable bonds is 5. The topological polar surface area (TPSA) is 85.3 Å². The molecule has 11 heteroatoms. The van der Waals surface area contributed by atoms with Crippen molar-refractivity contribution in [2.24, 2.45) is 0 Å². The second-order valence-electron chi connectivity index (χ2n) is 13.2. The van der Waals surface area contributed by atoms with Crippen molar-refractivity contribution in [3.8, 4) is 16.9 Å². The molecule has 45 heavy (non-hydrogen) atoms. The molecule has 3 aromatic carbocycles. The average molecular weight is 635 g/mol. The van der Waals surface area contributed by atoms with Crippen molar-refractivity contribution in [1.29, 1.82) is 0 Å². The molecule has 0 bridgehead atoms. The second-order valence-corrected chi connectivity index (χ2v) is 13.6. The van der Waals surface area contributed by atoms with E-state index in [1.165, 1.54) is 0 Å². The van der Waals surface area contributed by atoms with Gasteiger partial charge in [0.05, 0.1) is 5.02 Å². The lowest BCUT2D eigenvalue weighted by Gasteiger charge is -2.44. The summed E-state index contributed by atoms with van der Waals surface area (Å²) in [7, 11) is 4.08. The fourth-order valence-corrected chi connectivity index (χ4v) is 6.49. The number of likely N-dealkylation sites (N-methyl/N-ethyl adjacent to an activating group) is 1. The van der Waals surface area contributed by atoms with E-state index in [1.54, 1.807) is 23.1 Å². The van der Waals surface area contributed by atoms with Gasteiger partial charge in [-0.1, -0.05) is 42.8 Å². The lowest BCUT2D eigenvalue weighted by Crippen LogP contribution is -2.58. The highest BCUT2D eigenvalue weighted by atomic mass is 35.5. The Morgan fingerprint density at radius 1 is 1.09 bits per heavy atom. The Morgan fingerprint density at radius 3 is 2.51 bits per heavy atom. The number of piperazine rings is 1. The summed E-state index contributed by atoms with van der Waals surface area (Å²) in [5.41, 5.74) is 0.246. The number of anilines is 2. The smallest absolute Gasteiger partial charge is 0.410 e. The minimum absolute atomic E-state index is 0.0206. The van der Waals surface area contributed by atoms with Crippen molar-refractivity contribution in [2.45, 2.75) is 51.8 Å². The van der Waals surface area contributed by atoms with Crippen LogP contribution in [0.15, 0.2) is 42.5 Å². The third-order valence-corrected chi connectivity index (χ3v) is 9.02. The standard InChI is InChI=1S/C34H40ClFN6O3/c1-7-21-17-40(33(44)45-34(2,3)4)12-13-42(21)31-26-16-27(35)28(25-15-23(43)14-20-10-8-9-11-24(20)25)29(36)30(26)37-32(38-31)41-18-22(19-41)39(5)6/h8-11,14-16,21-22,43H,7,12-13,17-19H2,1-6H3/t21-/m1/s1. The highest BCUT2D eigenvalue weighted by molar-refractivity contribution is 6.35. The average Bonchev–Trinajstić information content (AvgIpc) is 2.95. The summed E-state index contributed by atoms with van der Waals surface area (Å²) in [6.45, 7) is 10.5. The molecular weight excluding hydrogens is 595 g/mol. The number of nitrogens with zero attached hydrogens (tertiary/aromatic N) is 6. The van der Waals surface area contributed by atoms with Crippen LogP contribution in [0.4, 0.5) is 21.0 Å². The van der Waals surface area contributed by atoms with Crippen LogP contribution >= 0.6 is 11.6 Å². The first-order valence-electron chi connectivity index (χ1n) is 15.4. The molecular formula is C34H40ClFN6O3. The van der Waals surface area contributed by atoms with Crippen LogP contribution in [0.3, 0.4) is 0 Å². The van der Waals surface area contributed by atoms with Gasteiger partial charge in [0.25, 0.3) is 0 Å². The predicted octanol–water partition coefficient (Wildman–Crippen LogP) is 6.53. The lowest BCUT2D eigenvalue weighted by atomic mass is 9.96. The van der Waals surface area contributed by atoms with Gasteiger partial charge in [0.15, 0.2) is 5.82 Å². The van der Waals surface area contributed by atoms with Gasteiger partial charge in [0.1, 0.15) is 22.7 Å². The van der Waals surface area contributed by atoms with E-state index in [4.69, 9.17) is 26.3 Å². The van der Waals surface area contributed by atoms with Crippen LogP contribution in [0.25, 0.3) is 32.8 Å². The number of aromatic hydroxyl groups is 1. The summed E-state index contributed by atoms with van der Waals surface area (Å²) < 4.78 is 22.6. The van der Waals surface area contributed by atoms with Gasteiger partial charge in [-0.15, -0.1) is 0 Å². The van der Waals surface area contributed by atoms with E-state index in [0.717, 1.165) is 30.3 Å². The van der Waals surface area contributed by atoms with Crippen LogP contribution in [0.5, 0.6) is 5.75 Å². The van der Waals surface area contributed by atoms with Gasteiger partial charge >= 0.3 is 6.09 Å². The zero-order chi connectivity index (χ0) is 32.2. The maximum absolute atomic E-state index is 16.9. The number of carbonyl (C=O) groups is 1. The molecule has 1 N–H and O–H groups in total. The van der Waals surface area contributed by atoms with E-state index in [-0.39, 0.29) is 34.0 Å². The SMILES string of the molecule is CC[C@@H]1CN(C(=O)OC(C)(C)C)CCN1c1nc(N2CC(N(C)C)C2)nc2c(F)c(-c3cc(O)cc4ccccc34)c(Cl)cc12. The van der Waals surface area contributed by atoms with E-state index >= 15 is 4.39 Å². The molecule has 1 amide bonds. The highest BCUT2D eigenvalue weighted by Gasteiger charge is 2.36. The molecule has 6 rings (SSSR count). The maximum atomic E-state index is 16.9. The Hall–Kier alpha value is -3.89. The number of ether oxygens (including phenoxy) is 1. The summed E-state index contributed by atoms with van der Waals surface area (Å²) in [4.78, 5) is 30.9. The Bertz CT molecular complexity index is 1770. The number of hydrogen-bond donors (Lipinski definition) is 1. The number of hydrogen-bond acceptors (Lipinski definition) is 8. The number of carbonyl (C=O) groups excluding carboxylic acids is 1. The Kier molecular flexibility index (Phi) is 8.16. The second kappa shape index (κ2) is 11.8. The van der Waals surface area contributed by atoms with Crippen molar-refractivity contribution in [1.82, 2.24) is 19.8 Å². The molecule has 1 aromatic heterocycles. The van der Waals surface area contributed by atoms with E-state index < -0.39 is 11.4 Å². The van der Waals surface area contributed by atoms with Crippen molar-refractivity contribution in [3.05, 3.63) is 53.3 Å². The number of benzene rings is 3. The van der Waals surface area contributed by atoms with Crippen molar-refractivity contribution in [2.75, 3.05) is 56.6 Å². The molecule has 2 aliphatic rings. The number of phenolic OH excluding ortho intramolecular Hbond substituents is 1. The lowest BCUT2D eigenvalue weighted by molar-refractivity contribution is 0.0213. The van der Waals surface area contributed by atoms with Crippen LogP contribution in [-0.4, -0.2) is 95.5 Å². The van der Waals surface area contributed by atoms with Crippen LogP contribution in [0.2, 0.25) is 5.02 Å². The summed E-state index contributed by atoms with van der Waals surface area (Å²) >= 11 is 6.92. The van der Waals surface area contributed by atoms with E-state index in [2.05, 4.69) is 21.6 Å². The summed E-state index contributed by atoms with van der Waals surface area (Å²) in [6, 6.07) is 12.7. The Labute approximate surface area is 268 Å². The molecule has 2 aliphatic heterocycles. The number of phenols is 1. The fourth-order valence-electron chi connectivity index (χ4n) is 6.20. The molecule has 0 saturated carbocycles. The number of halogens is 2. The van der Waals surface area contributed by atoms with E-state index in [1.807, 2.05) is 59.1 Å². The van der Waals surface area contributed by atoms with Gasteiger partial charge in [-0.05, 0) is 75.8 Å². The molecule has 3 heterocycles. The van der Waals surface area contributed by atoms with Crippen molar-refractivity contribution in [3.63, 3.8) is 0 Å². The molecule has 0 unspecified atom stereocenters. The van der Waals surface area contributed by atoms with Crippen LogP contribution in [0, 0.1) is 5.82 Å². The zero-order valence-corrected chi connectivity index (χ0v) is 27.4. The summed E-state index contributed by atoms with van der Waals surface area (Å²) in [6.07, 6.45) is 0.386. The molecule has 4 aromatic rings. The Balaban J connectivity index is 1.48. The number of fused-ring (bicyclic) bond motifs is 2. The first-order chi connectivity index (χ1) is 21.3. The monoisotopic (exact) mass is 634 g/mol. The molecule has 2 saturated heterocycles. The first kappa shape index (κ1) is 31.1. The van der Waals surface area contributed by atoms with Gasteiger partial charge in [0.2, 0.25) is 5.95 Å². The van der Waals surface area contributed by atoms with Gasteiger partial charge in [0, 0.05) is 55.8 Å². The van der Waals surface area contributed by atoms with Crippen molar-refractivity contribution >= 4 is 51.1 Å². The minimum Gasteiger partial charge on any atom is -0.508 e. The summed E-state index contributed by atoms with van der Waals surface area (Å²) in [5, 5.41) is 12.8. The number of aromatic nitrogens is 2. The van der Waals surface area contributed by atoms with Gasteiger partial charge in [-0.2, -0.15) is 4.98 Å². The van der Waals surface area contributed by atoms with Crippen LogP contribution in [-0.2, 0) is 4.74 Å². The van der Waals surface area contributed by atoms with Gasteiger partial charge < -0.3 is 29.4 Å². The molecule has 9 nitrogen and oxygen atoms in total. The largest absolute Gasteiger partial charge is 0.508 e. The first-order valence-corrected chi connectivity index (χ1v) is 15.8. The molecule has 0 radical (unpaired) electrons. The van der Waals surface area contributed by atoms with E-state index in [0.29, 0.717) is 48.4 Å². The maximum Gasteiger partial charge on any atom is 0.410 e. The third-order valence-electron chi connectivity index (χ3n) is 8.72. The zero-order valence-electron chi connectivity index (χ0n) is 26.6. The Morgan fingerprint density at radius 2 is 1.82 bits per heavy atom. The molecule has 0 spiro atoms. The quantitative estimate of drug-likeness (QED) is 0.265. The van der Waals surface area contributed by atoms with Crippen molar-refractivity contribution < 1.29 is 19.0 Å². The van der Waals surface area contributed by atoms with Crippen LogP contribution in [0.1, 0.15) is 34.1 Å². The molecule has 0 aliphatic carbocycles. The molecule has 1 atom stereocenters. The fraction of sp³-hybridized carbons (Fsp3) is 0.441. The van der Waals surface area contributed by atoms with E-state index in [9.17, 15) is 9.90 Å².